The molecule has 0 aliphatic carbocycles. The predicted octanol–water partition coefficient (Wildman–Crippen LogP) is 5.74. The van der Waals surface area contributed by atoms with E-state index in [2.05, 4.69) is 17.1 Å². The summed E-state index contributed by atoms with van der Waals surface area (Å²) in [5, 5.41) is 11.9. The first-order valence-corrected chi connectivity index (χ1v) is 11.1. The summed E-state index contributed by atoms with van der Waals surface area (Å²) in [4.78, 5) is 6.29. The number of guanidine groups is 1. The van der Waals surface area contributed by atoms with Crippen LogP contribution in [-0.2, 0) is 19.2 Å². The van der Waals surface area contributed by atoms with E-state index in [9.17, 15) is 13.2 Å². The molecule has 0 amide bonds. The maximum absolute atomic E-state index is 12.8. The first kappa shape index (κ1) is 26.3. The molecule has 1 fully saturated rings. The van der Waals surface area contributed by atoms with Gasteiger partial charge in [-0.1, -0.05) is 30.6 Å². The molecule has 1 aromatic heterocycles. The van der Waals surface area contributed by atoms with E-state index in [0.717, 1.165) is 48.9 Å². The summed E-state index contributed by atoms with van der Waals surface area (Å²) in [6, 6.07) is 10.3. The average molecular weight is 510 g/mol. The number of hydrogen-bond donors (Lipinski definition) is 2. The quantitative estimate of drug-likeness (QED) is 0.311. The Bertz CT molecular complexity index is 1150. The minimum Gasteiger partial charge on any atom is -0.489 e. The Hall–Kier alpha value is -3.27. The molecule has 188 valence electrons. The van der Waals surface area contributed by atoms with E-state index in [1.807, 2.05) is 18.2 Å². The Balaban J connectivity index is 0.00000342. The van der Waals surface area contributed by atoms with Crippen LogP contribution in [0.4, 0.5) is 13.2 Å². The minimum atomic E-state index is -4.36. The van der Waals surface area contributed by atoms with Crippen LogP contribution in [0.1, 0.15) is 54.8 Å². The van der Waals surface area contributed by atoms with E-state index in [1.54, 1.807) is 4.90 Å². The van der Waals surface area contributed by atoms with Crippen molar-refractivity contribution in [2.75, 3.05) is 6.54 Å². The maximum Gasteiger partial charge on any atom is 0.416 e. The summed E-state index contributed by atoms with van der Waals surface area (Å²) in [5.74, 6) is 1.52. The normalized spacial score (nSPS) is 15.7. The van der Waals surface area contributed by atoms with Crippen LogP contribution in [0.5, 0.6) is 5.75 Å². The molecule has 1 aliphatic heterocycles. The van der Waals surface area contributed by atoms with Crippen molar-refractivity contribution in [3.63, 3.8) is 0 Å². The SMILES string of the molecule is CCCc1cc(-c2noc([C@@H]3CCCN3C(=N)N)n2)ccc1OCc1ccc(C(F)(F)F)cc1.Cl. The number of nitrogens with two attached hydrogens (primary N) is 1. The van der Waals surface area contributed by atoms with Gasteiger partial charge in [0.25, 0.3) is 0 Å². The molecular formula is C24H27ClF3N5O2. The molecular weight excluding hydrogens is 483 g/mol. The number of halogens is 4. The molecule has 0 saturated carbocycles. The van der Waals surface area contributed by atoms with Crippen molar-refractivity contribution in [3.8, 4) is 17.1 Å². The highest BCUT2D eigenvalue weighted by Crippen LogP contribution is 2.33. The van der Waals surface area contributed by atoms with Crippen molar-refractivity contribution < 1.29 is 22.4 Å². The summed E-state index contributed by atoms with van der Waals surface area (Å²) < 4.78 is 49.7. The smallest absolute Gasteiger partial charge is 0.416 e. The zero-order valence-electron chi connectivity index (χ0n) is 19.1. The van der Waals surface area contributed by atoms with Crippen LogP contribution < -0.4 is 10.5 Å². The van der Waals surface area contributed by atoms with E-state index in [-0.39, 0.29) is 31.0 Å². The van der Waals surface area contributed by atoms with Gasteiger partial charge < -0.3 is 19.9 Å². The molecule has 0 spiro atoms. The van der Waals surface area contributed by atoms with Crippen LogP contribution >= 0.6 is 12.4 Å². The molecule has 4 rings (SSSR count). The maximum atomic E-state index is 12.8. The second-order valence-electron chi connectivity index (χ2n) is 8.25. The van der Waals surface area contributed by atoms with Gasteiger partial charge in [0, 0.05) is 12.1 Å². The van der Waals surface area contributed by atoms with E-state index >= 15 is 0 Å². The highest BCUT2D eigenvalue weighted by atomic mass is 35.5. The fourth-order valence-electron chi connectivity index (χ4n) is 4.07. The van der Waals surface area contributed by atoms with Crippen molar-refractivity contribution in [1.29, 1.82) is 5.41 Å². The summed E-state index contributed by atoms with van der Waals surface area (Å²) >= 11 is 0. The molecule has 1 saturated heterocycles. The largest absolute Gasteiger partial charge is 0.489 e. The number of hydrogen-bond acceptors (Lipinski definition) is 5. The van der Waals surface area contributed by atoms with Gasteiger partial charge in [-0.25, -0.2) is 0 Å². The zero-order chi connectivity index (χ0) is 24.3. The third-order valence-corrected chi connectivity index (χ3v) is 5.80. The molecule has 11 heteroatoms. The monoisotopic (exact) mass is 509 g/mol. The molecule has 7 nitrogen and oxygen atoms in total. The highest BCUT2D eigenvalue weighted by molar-refractivity contribution is 5.85. The van der Waals surface area contributed by atoms with Crippen molar-refractivity contribution in [2.45, 2.75) is 51.4 Å². The summed E-state index contributed by atoms with van der Waals surface area (Å²) in [5.41, 5.74) is 7.35. The van der Waals surface area contributed by atoms with Gasteiger partial charge in [0.15, 0.2) is 5.96 Å². The van der Waals surface area contributed by atoms with Crippen LogP contribution in [0.15, 0.2) is 47.0 Å². The Kier molecular flexibility index (Phi) is 8.26. The van der Waals surface area contributed by atoms with Gasteiger partial charge in [-0.05, 0) is 60.7 Å². The van der Waals surface area contributed by atoms with Crippen LogP contribution in [0.2, 0.25) is 0 Å². The van der Waals surface area contributed by atoms with Gasteiger partial charge in [-0.3, -0.25) is 5.41 Å². The van der Waals surface area contributed by atoms with Crippen molar-refractivity contribution in [1.82, 2.24) is 15.0 Å². The van der Waals surface area contributed by atoms with E-state index < -0.39 is 11.7 Å². The topological polar surface area (TPSA) is 101 Å². The standard InChI is InChI=1S/C24H26F3N5O2.ClH/c1-2-4-16-13-17(21-30-22(34-31-21)19-5-3-12-32(19)23(28)29)8-11-20(16)33-14-15-6-9-18(10-7-15)24(25,26)27;/h6-11,13,19H,2-5,12,14H2,1H3,(H3,28,29);1H/t19-;/m0./s1. The highest BCUT2D eigenvalue weighted by Gasteiger charge is 2.32. The van der Waals surface area contributed by atoms with Crippen LogP contribution in [0.25, 0.3) is 11.4 Å². The second-order valence-corrected chi connectivity index (χ2v) is 8.25. The number of nitrogens with one attached hydrogen (secondary N) is 1. The number of ether oxygens (including phenoxy) is 1. The Morgan fingerprint density at radius 2 is 1.97 bits per heavy atom. The fraction of sp³-hybridized carbons (Fsp3) is 0.375. The Morgan fingerprint density at radius 3 is 2.63 bits per heavy atom. The number of nitrogens with zero attached hydrogens (tertiary/aromatic N) is 3. The fourth-order valence-corrected chi connectivity index (χ4v) is 4.07. The lowest BCUT2D eigenvalue weighted by molar-refractivity contribution is -0.137. The van der Waals surface area contributed by atoms with E-state index in [4.69, 9.17) is 20.4 Å². The van der Waals surface area contributed by atoms with Gasteiger partial charge in [0.2, 0.25) is 11.7 Å². The number of rotatable bonds is 7. The lowest BCUT2D eigenvalue weighted by Crippen LogP contribution is -2.35. The number of aryl methyl sites for hydroxylation is 1. The van der Waals surface area contributed by atoms with Crippen molar-refractivity contribution in [2.24, 2.45) is 5.73 Å². The molecule has 1 atom stereocenters. The second kappa shape index (κ2) is 11.0. The summed E-state index contributed by atoms with van der Waals surface area (Å²) in [6.07, 6.45) is -1.04. The van der Waals surface area contributed by atoms with Gasteiger partial charge >= 0.3 is 6.18 Å². The molecule has 35 heavy (non-hydrogen) atoms. The molecule has 0 bridgehead atoms. The van der Waals surface area contributed by atoms with Gasteiger partial charge in [-0.15, -0.1) is 12.4 Å². The Labute approximate surface area is 207 Å². The number of aromatic nitrogens is 2. The predicted molar refractivity (Wildman–Crippen MR) is 127 cm³/mol. The van der Waals surface area contributed by atoms with Crippen LogP contribution in [0, 0.1) is 5.41 Å². The molecule has 3 N–H and O–H groups in total. The number of likely N-dealkylation sites (tertiary alicyclic amines) is 1. The van der Waals surface area contributed by atoms with E-state index in [1.165, 1.54) is 12.1 Å². The van der Waals surface area contributed by atoms with Gasteiger partial charge in [-0.2, -0.15) is 18.2 Å². The average Bonchev–Trinajstić information content (AvgIpc) is 3.48. The van der Waals surface area contributed by atoms with Crippen molar-refractivity contribution in [3.05, 3.63) is 65.0 Å². The minimum absolute atomic E-state index is 0. The molecule has 2 heterocycles. The van der Waals surface area contributed by atoms with Crippen molar-refractivity contribution >= 4 is 18.4 Å². The summed E-state index contributed by atoms with van der Waals surface area (Å²) in [7, 11) is 0. The molecule has 0 radical (unpaired) electrons. The lowest BCUT2D eigenvalue weighted by atomic mass is 10.0. The molecule has 0 unspecified atom stereocenters. The molecule has 3 aromatic rings. The Morgan fingerprint density at radius 1 is 1.23 bits per heavy atom. The molecule has 1 aliphatic rings. The summed E-state index contributed by atoms with van der Waals surface area (Å²) in [6.45, 7) is 2.89. The number of alkyl halides is 3. The van der Waals surface area contributed by atoms with Crippen LogP contribution in [0.3, 0.4) is 0 Å². The molecule has 2 aromatic carbocycles. The lowest BCUT2D eigenvalue weighted by Gasteiger charge is -2.21. The van der Waals surface area contributed by atoms with Gasteiger partial charge in [0.05, 0.1) is 5.56 Å². The first-order valence-electron chi connectivity index (χ1n) is 11.1. The third kappa shape index (κ3) is 6.05. The van der Waals surface area contributed by atoms with Gasteiger partial charge in [0.1, 0.15) is 18.4 Å². The number of benzene rings is 2. The zero-order valence-corrected chi connectivity index (χ0v) is 20.0. The van der Waals surface area contributed by atoms with E-state index in [0.29, 0.717) is 29.6 Å². The third-order valence-electron chi connectivity index (χ3n) is 5.80. The van der Waals surface area contributed by atoms with Crippen LogP contribution in [-0.4, -0.2) is 27.5 Å². The first-order chi connectivity index (χ1) is 16.3.